The molecule has 3 amide bonds. The maximum absolute atomic E-state index is 14.8. The van der Waals surface area contributed by atoms with Crippen molar-refractivity contribution in [2.75, 3.05) is 53.5 Å². The van der Waals surface area contributed by atoms with Crippen molar-refractivity contribution in [2.45, 2.75) is 43.9 Å². The molecule has 0 unspecified atom stereocenters. The zero-order valence-electron chi connectivity index (χ0n) is 19.1. The zero-order chi connectivity index (χ0) is 23.1. The maximum Gasteiger partial charge on any atom is 0.241 e. The minimum absolute atomic E-state index is 0.0875. The number of ether oxygens (including phenoxy) is 1. The van der Waals surface area contributed by atoms with Gasteiger partial charge in [-0.05, 0) is 45.0 Å². The van der Waals surface area contributed by atoms with Crippen LogP contribution >= 0.6 is 0 Å². The number of likely N-dealkylation sites (tertiary alicyclic amines) is 2. The van der Waals surface area contributed by atoms with Crippen molar-refractivity contribution in [3.63, 3.8) is 0 Å². The molecule has 1 aromatic rings. The fraction of sp³-hybridized carbons (Fsp3) is 0.625. The monoisotopic (exact) mass is 447 g/mol. The maximum atomic E-state index is 14.8. The summed E-state index contributed by atoms with van der Waals surface area (Å²) in [5.41, 5.74) is -1.41. The van der Waals surface area contributed by atoms with E-state index >= 15 is 0 Å². The fourth-order valence-corrected chi connectivity index (χ4v) is 4.74. The summed E-state index contributed by atoms with van der Waals surface area (Å²) in [6.45, 7) is 3.96. The smallest absolute Gasteiger partial charge is 0.241 e. The van der Waals surface area contributed by atoms with Gasteiger partial charge in [-0.3, -0.25) is 19.3 Å². The first-order valence-corrected chi connectivity index (χ1v) is 11.4. The van der Waals surface area contributed by atoms with Crippen LogP contribution in [0.4, 0.5) is 4.39 Å². The third kappa shape index (κ3) is 5.35. The minimum atomic E-state index is -1.52. The first-order chi connectivity index (χ1) is 15.4. The molecular formula is C24H34FN3O4. The Kier molecular flexibility index (Phi) is 8.37. The molecule has 32 heavy (non-hydrogen) atoms. The first-order valence-electron chi connectivity index (χ1n) is 11.4. The molecule has 3 rings (SSSR count). The molecule has 2 heterocycles. The molecule has 2 aliphatic rings. The summed E-state index contributed by atoms with van der Waals surface area (Å²) < 4.78 is 19.8. The molecule has 7 nitrogen and oxygen atoms in total. The Morgan fingerprint density at radius 3 is 2.56 bits per heavy atom. The number of halogens is 1. The summed E-state index contributed by atoms with van der Waals surface area (Å²) in [6, 6.07) is 5.93. The molecule has 0 bridgehead atoms. The quantitative estimate of drug-likeness (QED) is 0.515. The number of imide groups is 1. The van der Waals surface area contributed by atoms with Crippen molar-refractivity contribution < 1.29 is 23.5 Å². The van der Waals surface area contributed by atoms with Crippen LogP contribution in [0.1, 0.15) is 44.1 Å². The van der Waals surface area contributed by atoms with Gasteiger partial charge in [0.05, 0.1) is 18.6 Å². The summed E-state index contributed by atoms with van der Waals surface area (Å²) in [5.74, 6) is -1.78. The summed E-state index contributed by atoms with van der Waals surface area (Å²) in [7, 11) is 3.19. The Bertz CT molecular complexity index is 827. The lowest BCUT2D eigenvalue weighted by molar-refractivity contribution is -0.143. The molecule has 1 aromatic carbocycles. The highest BCUT2D eigenvalue weighted by Gasteiger charge is 2.54. The van der Waals surface area contributed by atoms with E-state index in [9.17, 15) is 18.8 Å². The van der Waals surface area contributed by atoms with Crippen LogP contribution in [0.25, 0.3) is 0 Å². The largest absolute Gasteiger partial charge is 0.383 e. The molecule has 0 aliphatic carbocycles. The van der Waals surface area contributed by atoms with Gasteiger partial charge < -0.3 is 14.5 Å². The number of amides is 3. The van der Waals surface area contributed by atoms with Gasteiger partial charge in [-0.25, -0.2) is 4.39 Å². The molecule has 8 heteroatoms. The van der Waals surface area contributed by atoms with E-state index in [1.165, 1.54) is 44.6 Å². The second kappa shape index (κ2) is 11.0. The van der Waals surface area contributed by atoms with Crippen molar-refractivity contribution in [3.05, 3.63) is 35.6 Å². The van der Waals surface area contributed by atoms with Gasteiger partial charge >= 0.3 is 0 Å². The topological polar surface area (TPSA) is 70.2 Å². The lowest BCUT2D eigenvalue weighted by atomic mass is 9.75. The predicted octanol–water partition coefficient (Wildman–Crippen LogP) is 2.19. The van der Waals surface area contributed by atoms with Gasteiger partial charge in [0.1, 0.15) is 5.82 Å². The van der Waals surface area contributed by atoms with Gasteiger partial charge in [0.2, 0.25) is 17.7 Å². The normalized spacial score (nSPS) is 21.9. The number of methoxy groups -OCH3 is 1. The Labute approximate surface area is 189 Å². The second-order valence-corrected chi connectivity index (χ2v) is 8.83. The molecule has 0 N–H and O–H groups in total. The Hall–Kier alpha value is -2.32. The highest BCUT2D eigenvalue weighted by molar-refractivity contribution is 6.10. The highest BCUT2D eigenvalue weighted by Crippen LogP contribution is 2.41. The molecule has 176 valence electrons. The number of rotatable bonds is 10. The van der Waals surface area contributed by atoms with Gasteiger partial charge in [-0.15, -0.1) is 0 Å². The molecule has 1 atom stereocenters. The Morgan fingerprint density at radius 1 is 1.16 bits per heavy atom. The molecule has 0 radical (unpaired) electrons. The SMILES string of the molecule is COCCN1C(=O)C[C@@](CC(=O)N(C)CCCN2CCCCC2)(c2ccccc2F)C1=O. The zero-order valence-corrected chi connectivity index (χ0v) is 19.1. The third-order valence-corrected chi connectivity index (χ3v) is 6.61. The number of carbonyl (C=O) groups is 3. The van der Waals surface area contributed by atoms with E-state index in [0.29, 0.717) is 6.54 Å². The van der Waals surface area contributed by atoms with E-state index in [1.54, 1.807) is 18.0 Å². The second-order valence-electron chi connectivity index (χ2n) is 8.83. The van der Waals surface area contributed by atoms with E-state index in [-0.39, 0.29) is 37.5 Å². The van der Waals surface area contributed by atoms with Gasteiger partial charge in [-0.2, -0.15) is 0 Å². The predicted molar refractivity (Wildman–Crippen MR) is 118 cm³/mol. The van der Waals surface area contributed by atoms with Gasteiger partial charge in [0.15, 0.2) is 0 Å². The third-order valence-electron chi connectivity index (χ3n) is 6.61. The van der Waals surface area contributed by atoms with Crippen molar-refractivity contribution in [2.24, 2.45) is 0 Å². The van der Waals surface area contributed by atoms with Crippen LogP contribution in [0.3, 0.4) is 0 Å². The van der Waals surface area contributed by atoms with Crippen molar-refractivity contribution in [1.82, 2.24) is 14.7 Å². The van der Waals surface area contributed by atoms with Gasteiger partial charge in [0, 0.05) is 39.1 Å². The molecule has 0 aromatic heterocycles. The van der Waals surface area contributed by atoms with Crippen LogP contribution in [-0.2, 0) is 24.5 Å². The lowest BCUT2D eigenvalue weighted by Crippen LogP contribution is -2.44. The van der Waals surface area contributed by atoms with Crippen LogP contribution in [0.15, 0.2) is 24.3 Å². The number of benzene rings is 1. The fourth-order valence-electron chi connectivity index (χ4n) is 4.74. The first kappa shape index (κ1) is 24.3. The number of hydrogen-bond acceptors (Lipinski definition) is 5. The standard InChI is InChI=1S/C24H34FN3O4/c1-26(11-8-14-27-12-6-3-7-13-27)21(29)17-24(19-9-4-5-10-20(19)25)18-22(30)28(23(24)31)15-16-32-2/h4-5,9-10H,3,6-8,11-18H2,1-2H3/t24-/m0/s1. The van der Waals surface area contributed by atoms with Crippen LogP contribution in [0.2, 0.25) is 0 Å². The number of piperidine rings is 1. The summed E-state index contributed by atoms with van der Waals surface area (Å²) in [4.78, 5) is 44.3. The molecular weight excluding hydrogens is 413 g/mol. The number of carbonyl (C=O) groups excluding carboxylic acids is 3. The van der Waals surface area contributed by atoms with Crippen molar-refractivity contribution in [3.8, 4) is 0 Å². The van der Waals surface area contributed by atoms with Gasteiger partial charge in [-0.1, -0.05) is 24.6 Å². The van der Waals surface area contributed by atoms with E-state index in [2.05, 4.69) is 4.90 Å². The molecule has 0 saturated carbocycles. The summed E-state index contributed by atoms with van der Waals surface area (Å²) >= 11 is 0. The summed E-state index contributed by atoms with van der Waals surface area (Å²) in [5, 5.41) is 0. The van der Waals surface area contributed by atoms with Crippen molar-refractivity contribution in [1.29, 1.82) is 0 Å². The Morgan fingerprint density at radius 2 is 1.88 bits per heavy atom. The van der Waals surface area contributed by atoms with Crippen LogP contribution in [-0.4, -0.2) is 85.9 Å². The minimum Gasteiger partial charge on any atom is -0.383 e. The Balaban J connectivity index is 1.73. The molecule has 2 fully saturated rings. The van der Waals surface area contributed by atoms with E-state index in [1.807, 2.05) is 0 Å². The average Bonchev–Trinajstić information content (AvgIpc) is 3.02. The van der Waals surface area contributed by atoms with E-state index < -0.39 is 23.0 Å². The van der Waals surface area contributed by atoms with E-state index in [0.717, 1.165) is 31.0 Å². The molecule has 0 spiro atoms. The number of hydrogen-bond donors (Lipinski definition) is 0. The lowest BCUT2D eigenvalue weighted by Gasteiger charge is -2.30. The number of nitrogens with zero attached hydrogens (tertiary/aromatic N) is 3. The van der Waals surface area contributed by atoms with Crippen LogP contribution < -0.4 is 0 Å². The molecule has 2 aliphatic heterocycles. The van der Waals surface area contributed by atoms with Crippen LogP contribution in [0, 0.1) is 5.82 Å². The molecule has 2 saturated heterocycles. The highest BCUT2D eigenvalue weighted by atomic mass is 19.1. The van der Waals surface area contributed by atoms with Gasteiger partial charge in [0.25, 0.3) is 0 Å². The van der Waals surface area contributed by atoms with Crippen LogP contribution in [0.5, 0.6) is 0 Å². The average molecular weight is 448 g/mol. The van der Waals surface area contributed by atoms with Crippen molar-refractivity contribution >= 4 is 17.7 Å². The van der Waals surface area contributed by atoms with E-state index in [4.69, 9.17) is 4.74 Å². The summed E-state index contributed by atoms with van der Waals surface area (Å²) in [6.07, 6.45) is 4.10.